The topological polar surface area (TPSA) is 12.5 Å². The number of methoxy groups -OCH3 is 1. The molecule has 1 saturated heterocycles. The number of likely N-dealkylation sites (tertiary alicyclic amines) is 1. The van der Waals surface area contributed by atoms with Gasteiger partial charge in [-0.3, -0.25) is 0 Å². The minimum Gasteiger partial charge on any atom is -0.494 e. The summed E-state index contributed by atoms with van der Waals surface area (Å²) in [5.41, 5.74) is 0.703. The average Bonchev–Trinajstić information content (AvgIpc) is 2.93. The van der Waals surface area contributed by atoms with Gasteiger partial charge in [0.15, 0.2) is 11.6 Å². The van der Waals surface area contributed by atoms with Crippen LogP contribution < -0.4 is 4.74 Å². The third-order valence-corrected chi connectivity index (χ3v) is 3.71. The molecule has 4 heteroatoms. The first kappa shape index (κ1) is 31.8. The number of halogens is 1. The van der Waals surface area contributed by atoms with Gasteiger partial charge < -0.3 is 9.64 Å². The smallest absolute Gasteiger partial charge is 0.168 e. The molecule has 0 amide bonds. The van der Waals surface area contributed by atoms with Crippen LogP contribution in [0.1, 0.15) is 74.3 Å². The summed E-state index contributed by atoms with van der Waals surface area (Å²) in [5.74, 6) is 0.274. The second-order valence-corrected chi connectivity index (χ2v) is 5.86. The Morgan fingerprint density at radius 3 is 1.83 bits per heavy atom. The molecule has 0 unspecified atom stereocenters. The average molecular weight is 418 g/mol. The molecule has 0 saturated carbocycles. The van der Waals surface area contributed by atoms with Gasteiger partial charge in [0.25, 0.3) is 0 Å². The number of hydrogen-bond acceptors (Lipinski definition) is 2. The molecule has 141 valence electrons. The fourth-order valence-electron chi connectivity index (χ4n) is 2.39. The van der Waals surface area contributed by atoms with E-state index in [0.29, 0.717) is 11.3 Å². The van der Waals surface area contributed by atoms with E-state index in [1.54, 1.807) is 18.2 Å². The predicted molar refractivity (Wildman–Crippen MR) is 103 cm³/mol. The number of benzene rings is 1. The van der Waals surface area contributed by atoms with Crippen molar-refractivity contribution in [3.63, 3.8) is 0 Å². The van der Waals surface area contributed by atoms with Crippen molar-refractivity contribution in [3.05, 3.63) is 29.6 Å². The molecule has 1 radical (unpaired) electrons. The van der Waals surface area contributed by atoms with Gasteiger partial charge in [0.05, 0.1) is 7.11 Å². The predicted octanol–water partition coefficient (Wildman–Crippen LogP) is 6.35. The summed E-state index contributed by atoms with van der Waals surface area (Å²) >= 11 is 0. The quantitative estimate of drug-likeness (QED) is 0.567. The summed E-state index contributed by atoms with van der Waals surface area (Å²) in [5, 5.41) is 0. The Kier molecular flexibility index (Phi) is 21.8. The number of nitrogens with zero attached hydrogens (tertiary/aromatic N) is 1. The second kappa shape index (κ2) is 16.5. The summed E-state index contributed by atoms with van der Waals surface area (Å²) in [6.07, 6.45) is 2.83. The van der Waals surface area contributed by atoms with E-state index in [1.165, 1.54) is 33.0 Å². The minimum atomic E-state index is -0.241. The fraction of sp³-hybridized carbons (Fsp3) is 0.700. The molecular weight excluding hydrogens is 378 g/mol. The first-order chi connectivity index (χ1) is 9.47. The molecule has 1 aliphatic heterocycles. The first-order valence-corrected chi connectivity index (χ1v) is 7.53. The molecule has 0 aromatic heterocycles. The van der Waals surface area contributed by atoms with Gasteiger partial charge in [0.2, 0.25) is 0 Å². The molecule has 1 aromatic rings. The van der Waals surface area contributed by atoms with Crippen molar-refractivity contribution in [1.82, 2.24) is 4.90 Å². The van der Waals surface area contributed by atoms with E-state index in [1.807, 2.05) is 13.8 Å². The van der Waals surface area contributed by atoms with E-state index in [2.05, 4.69) is 18.7 Å². The molecule has 1 aromatic carbocycles. The number of hydrogen-bond donors (Lipinski definition) is 0. The Hall–Kier alpha value is 0.0139. The summed E-state index contributed by atoms with van der Waals surface area (Å²) in [6.45, 7) is 11.1. The maximum atomic E-state index is 13.4. The van der Waals surface area contributed by atoms with Gasteiger partial charge in [-0.2, -0.15) is 0 Å². The largest absolute Gasteiger partial charge is 0.494 e. The van der Waals surface area contributed by atoms with Crippen LogP contribution in [0.3, 0.4) is 0 Å². The molecule has 2 rings (SSSR count). The zero-order valence-corrected chi connectivity index (χ0v) is 16.9. The van der Waals surface area contributed by atoms with Gasteiger partial charge >= 0.3 is 0 Å². The molecule has 0 aliphatic carbocycles. The van der Waals surface area contributed by atoms with Gasteiger partial charge in [0, 0.05) is 38.8 Å². The maximum absolute atomic E-state index is 13.4. The molecule has 2 nitrogen and oxygen atoms in total. The summed E-state index contributed by atoms with van der Waals surface area (Å²) < 4.78 is 18.3. The van der Waals surface area contributed by atoms with E-state index < -0.39 is 0 Å². The van der Waals surface area contributed by atoms with Gasteiger partial charge in [-0.25, -0.2) is 4.39 Å². The van der Waals surface area contributed by atoms with Crippen LogP contribution in [-0.4, -0.2) is 31.1 Å². The molecular formula is C20H40FNOY. The van der Waals surface area contributed by atoms with E-state index in [4.69, 9.17) is 4.74 Å². The van der Waals surface area contributed by atoms with Gasteiger partial charge in [0.1, 0.15) is 0 Å². The first-order valence-electron chi connectivity index (χ1n) is 7.53. The van der Waals surface area contributed by atoms with Crippen molar-refractivity contribution in [3.8, 4) is 5.75 Å². The Bertz CT molecular complexity index is 405. The number of ether oxygens (including phenoxy) is 1. The van der Waals surface area contributed by atoms with Crippen molar-refractivity contribution in [2.24, 2.45) is 0 Å². The SMILES string of the molecule is C.C.C.CC(C)N1CCCC1.COc1cccc(C(C)C)c1F.[Y]. The normalized spacial score (nSPS) is 12.8. The van der Waals surface area contributed by atoms with Gasteiger partial charge in [-0.15, -0.1) is 0 Å². The van der Waals surface area contributed by atoms with Crippen LogP contribution in [0.15, 0.2) is 18.2 Å². The molecule has 0 bridgehead atoms. The van der Waals surface area contributed by atoms with Crippen LogP contribution in [0.5, 0.6) is 5.75 Å². The van der Waals surface area contributed by atoms with Crippen molar-refractivity contribution in [2.45, 2.75) is 74.8 Å². The summed E-state index contributed by atoms with van der Waals surface area (Å²) in [6, 6.07) is 5.98. The standard InChI is InChI=1S/C10H13FO.C7H15N.3CH4.Y/c1-7(2)8-5-4-6-9(12-3)10(8)11;1-7(2)8-5-3-4-6-8;;;;/h4-7H,1-3H3;7H,3-6H2,1-2H3;3*1H4;. The van der Waals surface area contributed by atoms with Crippen molar-refractivity contribution < 1.29 is 41.8 Å². The van der Waals surface area contributed by atoms with E-state index >= 15 is 0 Å². The fourth-order valence-corrected chi connectivity index (χ4v) is 2.39. The molecule has 1 fully saturated rings. The molecule has 0 atom stereocenters. The molecule has 1 aliphatic rings. The van der Waals surface area contributed by atoms with Crippen LogP contribution in [0.2, 0.25) is 0 Å². The van der Waals surface area contributed by atoms with Crippen molar-refractivity contribution >= 4 is 0 Å². The maximum Gasteiger partial charge on any atom is 0.168 e. The Balaban J connectivity index is -0.000000150. The van der Waals surface area contributed by atoms with E-state index in [-0.39, 0.29) is 66.7 Å². The molecule has 0 N–H and O–H groups in total. The van der Waals surface area contributed by atoms with Crippen LogP contribution in [0, 0.1) is 5.82 Å². The number of rotatable bonds is 3. The van der Waals surface area contributed by atoms with Crippen LogP contribution >= 0.6 is 0 Å². The molecule has 1 heterocycles. The molecule has 0 spiro atoms. The third kappa shape index (κ3) is 10.1. The Morgan fingerprint density at radius 1 is 1.00 bits per heavy atom. The van der Waals surface area contributed by atoms with Crippen LogP contribution in [0.4, 0.5) is 4.39 Å². The second-order valence-electron chi connectivity index (χ2n) is 5.86. The van der Waals surface area contributed by atoms with Crippen LogP contribution in [0.25, 0.3) is 0 Å². The zero-order chi connectivity index (χ0) is 15.1. The Labute approximate surface area is 176 Å². The Morgan fingerprint density at radius 2 is 1.50 bits per heavy atom. The summed E-state index contributed by atoms with van der Waals surface area (Å²) in [4.78, 5) is 2.53. The monoisotopic (exact) mass is 418 g/mol. The van der Waals surface area contributed by atoms with E-state index in [9.17, 15) is 4.39 Å². The van der Waals surface area contributed by atoms with Crippen molar-refractivity contribution in [2.75, 3.05) is 20.2 Å². The van der Waals surface area contributed by atoms with Crippen molar-refractivity contribution in [1.29, 1.82) is 0 Å². The zero-order valence-electron chi connectivity index (χ0n) is 14.0. The van der Waals surface area contributed by atoms with E-state index in [0.717, 1.165) is 6.04 Å². The summed E-state index contributed by atoms with van der Waals surface area (Å²) in [7, 11) is 1.47. The molecule has 24 heavy (non-hydrogen) atoms. The van der Waals surface area contributed by atoms with Gasteiger partial charge in [-0.1, -0.05) is 48.3 Å². The minimum absolute atomic E-state index is 0. The van der Waals surface area contributed by atoms with Gasteiger partial charge in [-0.05, 0) is 57.3 Å². The van der Waals surface area contributed by atoms with Crippen LogP contribution in [-0.2, 0) is 32.7 Å². The third-order valence-electron chi connectivity index (χ3n) is 3.71.